The van der Waals surface area contributed by atoms with E-state index in [0.717, 1.165) is 6.42 Å². The van der Waals surface area contributed by atoms with Crippen LogP contribution < -0.4 is 16.1 Å². The molecule has 0 saturated carbocycles. The summed E-state index contributed by atoms with van der Waals surface area (Å²) in [5.74, 6) is -0.582. The van der Waals surface area contributed by atoms with Crippen molar-refractivity contribution < 1.29 is 9.18 Å². The maximum atomic E-state index is 14.9. The zero-order valence-corrected chi connectivity index (χ0v) is 16.6. The summed E-state index contributed by atoms with van der Waals surface area (Å²) < 4.78 is 16.2. The second-order valence-corrected chi connectivity index (χ2v) is 6.95. The maximum absolute atomic E-state index is 14.9. The zero-order valence-electron chi connectivity index (χ0n) is 16.6. The first-order valence-electron chi connectivity index (χ1n) is 9.79. The highest BCUT2D eigenvalue weighted by molar-refractivity contribution is 6.08. The lowest BCUT2D eigenvalue weighted by Gasteiger charge is -2.17. The summed E-state index contributed by atoms with van der Waals surface area (Å²) in [4.78, 5) is 30.4. The van der Waals surface area contributed by atoms with Gasteiger partial charge in [-0.3, -0.25) is 9.59 Å². The highest BCUT2D eigenvalue weighted by atomic mass is 19.1. The van der Waals surface area contributed by atoms with E-state index >= 15 is 0 Å². The highest BCUT2D eigenvalue weighted by Crippen LogP contribution is 2.25. The van der Waals surface area contributed by atoms with Crippen molar-refractivity contribution in [3.8, 4) is 5.69 Å². The number of nitrogens with zero attached hydrogens (tertiary/aromatic N) is 4. The largest absolute Gasteiger partial charge is 0.405 e. The monoisotopic (exact) mass is 417 g/mol. The number of amides is 1. The number of allylic oxidation sites excluding steroid dienone is 1. The van der Waals surface area contributed by atoms with E-state index in [1.807, 2.05) is 18.2 Å². The van der Waals surface area contributed by atoms with Crippen molar-refractivity contribution in [1.29, 1.82) is 0 Å². The van der Waals surface area contributed by atoms with E-state index in [1.54, 1.807) is 23.1 Å². The normalized spacial score (nSPS) is 14.5. The number of hydrogen-bond acceptors (Lipinski definition) is 5. The Bertz CT molecular complexity index is 1230. The Kier molecular flexibility index (Phi) is 5.70. The van der Waals surface area contributed by atoms with Crippen LogP contribution in [-0.2, 0) is 4.79 Å². The molecule has 0 atom stereocenters. The van der Waals surface area contributed by atoms with Crippen molar-refractivity contribution in [3.05, 3.63) is 94.8 Å². The van der Waals surface area contributed by atoms with Crippen molar-refractivity contribution in [2.45, 2.75) is 12.8 Å². The molecule has 1 aliphatic rings. The van der Waals surface area contributed by atoms with E-state index in [4.69, 9.17) is 5.73 Å². The van der Waals surface area contributed by atoms with Gasteiger partial charge in [-0.05, 0) is 49.0 Å². The lowest BCUT2D eigenvalue weighted by Crippen LogP contribution is -2.24. The van der Waals surface area contributed by atoms with Crippen molar-refractivity contribution in [2.24, 2.45) is 10.7 Å². The Balaban J connectivity index is 1.74. The number of rotatable bonds is 5. The second kappa shape index (κ2) is 8.74. The molecule has 1 aliphatic heterocycles. The molecule has 4 rings (SSSR count). The lowest BCUT2D eigenvalue weighted by molar-refractivity contribution is -0.117. The van der Waals surface area contributed by atoms with Crippen LogP contribution in [0.15, 0.2) is 82.9 Å². The summed E-state index contributed by atoms with van der Waals surface area (Å²) >= 11 is 0. The molecule has 0 unspecified atom stereocenters. The van der Waals surface area contributed by atoms with E-state index in [0.29, 0.717) is 24.3 Å². The number of aromatic nitrogens is 2. The summed E-state index contributed by atoms with van der Waals surface area (Å²) in [5, 5.41) is 4.31. The van der Waals surface area contributed by atoms with Crippen LogP contribution in [0.3, 0.4) is 0 Å². The average molecular weight is 417 g/mol. The SMILES string of the molecule is NC=CC(=Nc1ccccc1)c1nn(-c2ccc(N3CCCC3=O)cc2F)ccc1=O. The molecule has 1 amide bonds. The summed E-state index contributed by atoms with van der Waals surface area (Å²) in [6, 6.07) is 14.9. The molecule has 0 aliphatic carbocycles. The van der Waals surface area contributed by atoms with Gasteiger partial charge in [-0.25, -0.2) is 14.1 Å². The Morgan fingerprint density at radius 2 is 1.94 bits per heavy atom. The van der Waals surface area contributed by atoms with Gasteiger partial charge in [0.1, 0.15) is 5.69 Å². The van der Waals surface area contributed by atoms with Crippen LogP contribution in [0, 0.1) is 5.82 Å². The number of anilines is 1. The third kappa shape index (κ3) is 4.28. The number of aliphatic imine (C=N–C) groups is 1. The number of carbonyl (C=O) groups is 1. The standard InChI is InChI=1S/C23H20FN5O2/c24-18-15-17(28-13-4-7-22(28)31)8-9-20(18)29-14-11-21(30)23(27-29)19(10-12-25)26-16-5-2-1-3-6-16/h1-3,5-6,8-12,14-15H,4,7,13,25H2. The van der Waals surface area contributed by atoms with Gasteiger partial charge in [0.05, 0.1) is 11.4 Å². The minimum atomic E-state index is -0.560. The molecule has 1 fully saturated rings. The molecule has 31 heavy (non-hydrogen) atoms. The Morgan fingerprint density at radius 3 is 2.61 bits per heavy atom. The fraction of sp³-hybridized carbons (Fsp3) is 0.130. The molecular formula is C23H20FN5O2. The first-order valence-corrected chi connectivity index (χ1v) is 9.79. The molecule has 2 heterocycles. The molecule has 156 valence electrons. The van der Waals surface area contributed by atoms with Crippen LogP contribution in [0.1, 0.15) is 18.5 Å². The Hall–Kier alpha value is -4.07. The molecule has 2 N–H and O–H groups in total. The summed E-state index contributed by atoms with van der Waals surface area (Å²) in [6.07, 6.45) is 5.34. The number of carbonyl (C=O) groups excluding carboxylic acids is 1. The molecule has 0 spiro atoms. The molecular weight excluding hydrogens is 397 g/mol. The van der Waals surface area contributed by atoms with Gasteiger partial charge < -0.3 is 10.6 Å². The number of para-hydroxylation sites is 1. The number of halogens is 1. The molecule has 0 radical (unpaired) electrons. The van der Waals surface area contributed by atoms with Gasteiger partial charge in [-0.1, -0.05) is 18.2 Å². The topological polar surface area (TPSA) is 93.6 Å². The molecule has 0 bridgehead atoms. The third-order valence-corrected chi connectivity index (χ3v) is 4.87. The van der Waals surface area contributed by atoms with Crippen LogP contribution in [0.4, 0.5) is 15.8 Å². The predicted molar refractivity (Wildman–Crippen MR) is 117 cm³/mol. The molecule has 8 heteroatoms. The lowest BCUT2D eigenvalue weighted by atomic mass is 10.2. The quantitative estimate of drug-likeness (QED) is 0.646. The van der Waals surface area contributed by atoms with E-state index in [1.165, 1.54) is 41.4 Å². The highest BCUT2D eigenvalue weighted by Gasteiger charge is 2.22. The molecule has 3 aromatic rings. The van der Waals surface area contributed by atoms with Gasteiger partial charge in [0.25, 0.3) is 0 Å². The fourth-order valence-electron chi connectivity index (χ4n) is 3.39. The van der Waals surface area contributed by atoms with Gasteiger partial charge in [-0.2, -0.15) is 5.10 Å². The van der Waals surface area contributed by atoms with E-state index in [-0.39, 0.29) is 28.4 Å². The van der Waals surface area contributed by atoms with Crippen LogP contribution >= 0.6 is 0 Å². The van der Waals surface area contributed by atoms with E-state index in [2.05, 4.69) is 10.1 Å². The van der Waals surface area contributed by atoms with Gasteiger partial charge in [-0.15, -0.1) is 0 Å². The van der Waals surface area contributed by atoms with Crippen molar-refractivity contribution in [1.82, 2.24) is 9.78 Å². The summed E-state index contributed by atoms with van der Waals surface area (Å²) in [7, 11) is 0. The maximum Gasteiger partial charge on any atom is 0.227 e. The van der Waals surface area contributed by atoms with Crippen molar-refractivity contribution >= 4 is 23.0 Å². The zero-order chi connectivity index (χ0) is 21.8. The predicted octanol–water partition coefficient (Wildman–Crippen LogP) is 3.09. The van der Waals surface area contributed by atoms with Crippen LogP contribution in [0.2, 0.25) is 0 Å². The van der Waals surface area contributed by atoms with Gasteiger partial charge in [0, 0.05) is 30.9 Å². The van der Waals surface area contributed by atoms with Crippen LogP contribution in [0.25, 0.3) is 5.69 Å². The molecule has 2 aromatic carbocycles. The Morgan fingerprint density at radius 1 is 1.13 bits per heavy atom. The van der Waals surface area contributed by atoms with Crippen LogP contribution in [-0.4, -0.2) is 27.9 Å². The first-order chi connectivity index (χ1) is 15.1. The molecule has 7 nitrogen and oxygen atoms in total. The summed E-state index contributed by atoms with van der Waals surface area (Å²) in [5.41, 5.74) is 6.73. The van der Waals surface area contributed by atoms with E-state index in [9.17, 15) is 14.0 Å². The number of benzene rings is 2. The van der Waals surface area contributed by atoms with E-state index < -0.39 is 5.82 Å². The smallest absolute Gasteiger partial charge is 0.227 e. The van der Waals surface area contributed by atoms with Gasteiger partial charge in [0.2, 0.25) is 11.3 Å². The first kappa shape index (κ1) is 20.2. The average Bonchev–Trinajstić information content (AvgIpc) is 3.20. The minimum absolute atomic E-state index is 0.0220. The minimum Gasteiger partial charge on any atom is -0.405 e. The van der Waals surface area contributed by atoms with Gasteiger partial charge >= 0.3 is 0 Å². The Labute approximate surface area is 178 Å². The van der Waals surface area contributed by atoms with Gasteiger partial charge in [0.15, 0.2) is 11.5 Å². The number of hydrogen-bond donors (Lipinski definition) is 1. The molecule has 1 aromatic heterocycles. The number of nitrogens with two attached hydrogens (primary N) is 1. The summed E-state index contributed by atoms with van der Waals surface area (Å²) in [6.45, 7) is 0.572. The van der Waals surface area contributed by atoms with Crippen LogP contribution in [0.5, 0.6) is 0 Å². The van der Waals surface area contributed by atoms with Crippen molar-refractivity contribution in [2.75, 3.05) is 11.4 Å². The second-order valence-electron chi connectivity index (χ2n) is 6.95. The molecule has 1 saturated heterocycles. The third-order valence-electron chi connectivity index (χ3n) is 4.87. The fourth-order valence-corrected chi connectivity index (χ4v) is 3.39. The van der Waals surface area contributed by atoms with Crippen molar-refractivity contribution in [3.63, 3.8) is 0 Å².